The highest BCUT2D eigenvalue weighted by Gasteiger charge is 2.14. The Morgan fingerprint density at radius 2 is 2.45 bits per heavy atom. The normalized spacial score (nSPS) is 16.5. The van der Waals surface area contributed by atoms with Gasteiger partial charge in [0, 0.05) is 18.5 Å². The summed E-state index contributed by atoms with van der Waals surface area (Å²) in [6.07, 6.45) is 1.22. The molecule has 1 aromatic heterocycles. The van der Waals surface area contributed by atoms with Gasteiger partial charge in [0.2, 0.25) is 0 Å². The predicted molar refractivity (Wildman–Crippen MR) is 53.0 cm³/mol. The first-order valence-electron chi connectivity index (χ1n) is 3.70. The maximum Gasteiger partial charge on any atom is 0.0849 e. The van der Waals surface area contributed by atoms with Crippen LogP contribution in [0.3, 0.4) is 0 Å². The summed E-state index contributed by atoms with van der Waals surface area (Å²) >= 11 is 5.56. The molecule has 3 heteroatoms. The van der Waals surface area contributed by atoms with Crippen molar-refractivity contribution in [3.8, 4) is 0 Å². The van der Waals surface area contributed by atoms with Crippen LogP contribution in [0.4, 0.5) is 0 Å². The van der Waals surface area contributed by atoms with E-state index in [-0.39, 0.29) is 0 Å². The number of aromatic nitrogens is 1. The third-order valence-electron chi connectivity index (χ3n) is 2.13. The van der Waals surface area contributed by atoms with Crippen LogP contribution >= 0.6 is 27.7 Å². The van der Waals surface area contributed by atoms with Crippen molar-refractivity contribution in [1.82, 2.24) is 4.57 Å². The maximum absolute atomic E-state index is 3.53. The van der Waals surface area contributed by atoms with Gasteiger partial charge in [-0.2, -0.15) is 11.8 Å². The lowest BCUT2D eigenvalue weighted by Crippen LogP contribution is -2.05. The molecule has 1 aliphatic heterocycles. The molecule has 0 spiro atoms. The number of hydrogen-bond donors (Lipinski definition) is 0. The van der Waals surface area contributed by atoms with Gasteiger partial charge >= 0.3 is 0 Å². The maximum atomic E-state index is 3.53. The molecule has 0 aromatic carbocycles. The van der Waals surface area contributed by atoms with Gasteiger partial charge in [0.1, 0.15) is 0 Å². The Hall–Kier alpha value is 0.110. The molecule has 2 rings (SSSR count). The van der Waals surface area contributed by atoms with Crippen LogP contribution in [-0.4, -0.2) is 10.3 Å². The second kappa shape index (κ2) is 2.87. The Morgan fingerprint density at radius 3 is 3.18 bits per heavy atom. The van der Waals surface area contributed by atoms with Gasteiger partial charge in [-0.3, -0.25) is 0 Å². The zero-order chi connectivity index (χ0) is 7.84. The molecule has 0 saturated heterocycles. The van der Waals surface area contributed by atoms with Crippen LogP contribution in [0.2, 0.25) is 0 Å². The molecule has 0 fully saturated rings. The first-order valence-corrected chi connectivity index (χ1v) is 5.64. The van der Waals surface area contributed by atoms with E-state index in [0.29, 0.717) is 0 Å². The SMILES string of the molecule is Cn1c(Br)cc2c1CCSC2. The van der Waals surface area contributed by atoms with E-state index < -0.39 is 0 Å². The van der Waals surface area contributed by atoms with Crippen molar-refractivity contribution >= 4 is 27.7 Å². The Kier molecular flexibility index (Phi) is 2.02. The van der Waals surface area contributed by atoms with Crippen LogP contribution < -0.4 is 0 Å². The van der Waals surface area contributed by atoms with Crippen molar-refractivity contribution in [2.45, 2.75) is 12.2 Å². The minimum Gasteiger partial charge on any atom is -0.342 e. The van der Waals surface area contributed by atoms with E-state index in [0.717, 1.165) is 0 Å². The highest BCUT2D eigenvalue weighted by molar-refractivity contribution is 9.10. The van der Waals surface area contributed by atoms with Crippen LogP contribution in [0.5, 0.6) is 0 Å². The molecular formula is C8H10BrNS. The zero-order valence-electron chi connectivity index (χ0n) is 6.43. The lowest BCUT2D eigenvalue weighted by Gasteiger charge is -2.12. The van der Waals surface area contributed by atoms with Gasteiger partial charge in [-0.1, -0.05) is 0 Å². The van der Waals surface area contributed by atoms with E-state index in [1.165, 1.54) is 33.8 Å². The minimum absolute atomic E-state index is 1.19. The van der Waals surface area contributed by atoms with Crippen LogP contribution in [0, 0.1) is 0 Å². The Balaban J connectivity index is 2.50. The van der Waals surface area contributed by atoms with E-state index in [4.69, 9.17) is 0 Å². The van der Waals surface area contributed by atoms with Gasteiger partial charge < -0.3 is 4.57 Å². The molecule has 0 saturated carbocycles. The number of nitrogens with zero attached hydrogens (tertiary/aromatic N) is 1. The predicted octanol–water partition coefficient (Wildman–Crippen LogP) is 2.58. The highest BCUT2D eigenvalue weighted by Crippen LogP contribution is 2.28. The molecule has 1 aliphatic rings. The fraction of sp³-hybridized carbons (Fsp3) is 0.500. The summed E-state index contributed by atoms with van der Waals surface area (Å²) in [5, 5.41) is 0. The van der Waals surface area contributed by atoms with Crippen LogP contribution in [-0.2, 0) is 19.2 Å². The second-order valence-corrected chi connectivity index (χ2v) is 4.72. The molecule has 60 valence electrons. The Labute approximate surface area is 79.3 Å². The highest BCUT2D eigenvalue weighted by atomic mass is 79.9. The smallest absolute Gasteiger partial charge is 0.0849 e. The van der Waals surface area contributed by atoms with Gasteiger partial charge in [0.05, 0.1) is 4.60 Å². The summed E-state index contributed by atoms with van der Waals surface area (Å²) in [4.78, 5) is 0. The zero-order valence-corrected chi connectivity index (χ0v) is 8.83. The van der Waals surface area contributed by atoms with Crippen molar-refractivity contribution in [1.29, 1.82) is 0 Å². The molecule has 11 heavy (non-hydrogen) atoms. The van der Waals surface area contributed by atoms with E-state index in [1.54, 1.807) is 0 Å². The molecule has 0 atom stereocenters. The molecule has 1 nitrogen and oxygen atoms in total. The van der Waals surface area contributed by atoms with Gasteiger partial charge in [0.15, 0.2) is 0 Å². The molecule has 0 radical (unpaired) electrons. The van der Waals surface area contributed by atoms with Crippen molar-refractivity contribution in [2.75, 3.05) is 5.75 Å². The largest absolute Gasteiger partial charge is 0.342 e. The lowest BCUT2D eigenvalue weighted by atomic mass is 10.2. The average Bonchev–Trinajstić information content (AvgIpc) is 2.30. The summed E-state index contributed by atoms with van der Waals surface area (Å²) in [5.41, 5.74) is 3.02. The van der Waals surface area contributed by atoms with Crippen molar-refractivity contribution < 1.29 is 0 Å². The van der Waals surface area contributed by atoms with Gasteiger partial charge in [-0.25, -0.2) is 0 Å². The molecule has 0 amide bonds. The number of hydrogen-bond acceptors (Lipinski definition) is 1. The topological polar surface area (TPSA) is 4.93 Å². The van der Waals surface area contributed by atoms with Gasteiger partial charge in [-0.15, -0.1) is 0 Å². The van der Waals surface area contributed by atoms with Crippen LogP contribution in [0.25, 0.3) is 0 Å². The average molecular weight is 232 g/mol. The third kappa shape index (κ3) is 1.25. The van der Waals surface area contributed by atoms with E-state index in [2.05, 4.69) is 33.6 Å². The lowest BCUT2D eigenvalue weighted by molar-refractivity contribution is 0.812. The van der Waals surface area contributed by atoms with Gasteiger partial charge in [0.25, 0.3) is 0 Å². The number of halogens is 1. The summed E-state index contributed by atoms with van der Waals surface area (Å²) in [6.45, 7) is 0. The summed E-state index contributed by atoms with van der Waals surface area (Å²) in [5.74, 6) is 2.46. The fourth-order valence-corrected chi connectivity index (χ4v) is 2.91. The number of rotatable bonds is 0. The Bertz CT molecular complexity index is 280. The number of thioether (sulfide) groups is 1. The molecule has 2 heterocycles. The molecular weight excluding hydrogens is 222 g/mol. The molecule has 0 N–H and O–H groups in total. The summed E-state index contributed by atoms with van der Waals surface area (Å²) < 4.78 is 3.46. The Morgan fingerprint density at radius 1 is 1.64 bits per heavy atom. The molecule has 0 unspecified atom stereocenters. The first-order chi connectivity index (χ1) is 5.29. The molecule has 0 aliphatic carbocycles. The van der Waals surface area contributed by atoms with Crippen molar-refractivity contribution in [3.63, 3.8) is 0 Å². The summed E-state index contributed by atoms with van der Waals surface area (Å²) in [7, 11) is 2.12. The quantitative estimate of drug-likeness (QED) is 0.665. The number of fused-ring (bicyclic) bond motifs is 1. The van der Waals surface area contributed by atoms with E-state index in [1.807, 2.05) is 11.8 Å². The molecule has 0 bridgehead atoms. The third-order valence-corrected chi connectivity index (χ3v) is 3.90. The summed E-state index contributed by atoms with van der Waals surface area (Å²) in [6, 6.07) is 2.24. The second-order valence-electron chi connectivity index (χ2n) is 2.80. The molecule has 1 aromatic rings. The van der Waals surface area contributed by atoms with Crippen molar-refractivity contribution in [2.24, 2.45) is 7.05 Å². The van der Waals surface area contributed by atoms with Crippen molar-refractivity contribution in [3.05, 3.63) is 21.9 Å². The first kappa shape index (κ1) is 7.74. The van der Waals surface area contributed by atoms with E-state index in [9.17, 15) is 0 Å². The van der Waals surface area contributed by atoms with Crippen LogP contribution in [0.1, 0.15) is 11.3 Å². The fourth-order valence-electron chi connectivity index (χ4n) is 1.47. The standard InChI is InChI=1S/C8H10BrNS/c1-10-7-2-3-11-5-6(7)4-8(10)9/h4H,2-3,5H2,1H3. The van der Waals surface area contributed by atoms with Gasteiger partial charge in [-0.05, 0) is 39.7 Å². The minimum atomic E-state index is 1.19. The van der Waals surface area contributed by atoms with E-state index >= 15 is 0 Å². The monoisotopic (exact) mass is 231 g/mol. The van der Waals surface area contributed by atoms with Crippen LogP contribution in [0.15, 0.2) is 10.7 Å².